The monoisotopic (exact) mass is 378 g/mol. The highest BCUT2D eigenvalue weighted by atomic mass is 32.2. The number of hydrogen-bond acceptors (Lipinski definition) is 5. The molecule has 1 N–H and O–H groups in total. The van der Waals surface area contributed by atoms with E-state index < -0.39 is 10.2 Å². The Labute approximate surface area is 154 Å². The highest BCUT2D eigenvalue weighted by Gasteiger charge is 2.31. The van der Waals surface area contributed by atoms with Crippen LogP contribution in [0.15, 0.2) is 12.4 Å². The van der Waals surface area contributed by atoms with Crippen molar-refractivity contribution in [1.82, 2.24) is 28.8 Å². The average molecular weight is 379 g/mol. The Balaban J connectivity index is 1.84. The fourth-order valence-corrected chi connectivity index (χ4v) is 4.75. The minimum Gasteiger partial charge on any atom is -0.282 e. The summed E-state index contributed by atoms with van der Waals surface area (Å²) >= 11 is 0. The Kier molecular flexibility index (Phi) is 5.40. The number of aromatic amines is 1. The van der Waals surface area contributed by atoms with E-state index in [1.165, 1.54) is 4.31 Å². The highest BCUT2D eigenvalue weighted by molar-refractivity contribution is 7.86. The molecule has 1 saturated heterocycles. The molecule has 3 rings (SSSR count). The molecule has 1 atom stereocenters. The van der Waals surface area contributed by atoms with Gasteiger partial charge in [0.05, 0.1) is 17.1 Å². The van der Waals surface area contributed by atoms with Crippen LogP contribution in [0.4, 0.5) is 0 Å². The van der Waals surface area contributed by atoms with E-state index in [9.17, 15) is 8.42 Å². The lowest BCUT2D eigenvalue weighted by Crippen LogP contribution is -2.45. The van der Waals surface area contributed by atoms with E-state index in [0.29, 0.717) is 19.5 Å². The molecule has 2 aromatic rings. The molecule has 1 fully saturated rings. The van der Waals surface area contributed by atoms with Crippen LogP contribution < -0.4 is 0 Å². The zero-order valence-electron chi connectivity index (χ0n) is 15.7. The van der Waals surface area contributed by atoms with E-state index in [0.717, 1.165) is 41.2 Å². The second-order valence-corrected chi connectivity index (χ2v) is 9.16. The zero-order chi connectivity index (χ0) is 18.9. The number of H-pyrrole nitrogens is 1. The van der Waals surface area contributed by atoms with Crippen LogP contribution in [0.5, 0.6) is 0 Å². The maximum Gasteiger partial charge on any atom is 0.281 e. The molecule has 0 amide bonds. The molecule has 8 nitrogen and oxygen atoms in total. The Morgan fingerprint density at radius 3 is 2.65 bits per heavy atom. The van der Waals surface area contributed by atoms with Crippen molar-refractivity contribution in [2.75, 3.05) is 27.2 Å². The standard InChI is InChI=1S/C17H26N6O2S/c1-12-16(13(2)21-20-12)17-15(18-7-8-19-17)10-14-6-5-9-23(11-14)26(24,25)22(3)4/h7-8,14H,5-6,9-11H2,1-4H3,(H,20,21). The topological polar surface area (TPSA) is 95.1 Å². The van der Waals surface area contributed by atoms with Crippen molar-refractivity contribution in [3.63, 3.8) is 0 Å². The van der Waals surface area contributed by atoms with Gasteiger partial charge in [0.2, 0.25) is 0 Å². The third-order valence-corrected chi connectivity index (χ3v) is 6.80. The number of aryl methyl sites for hydroxylation is 2. The molecular weight excluding hydrogens is 352 g/mol. The fourth-order valence-electron chi connectivity index (χ4n) is 3.53. The Hall–Kier alpha value is -1.84. The van der Waals surface area contributed by atoms with E-state index in [-0.39, 0.29) is 5.92 Å². The van der Waals surface area contributed by atoms with Gasteiger partial charge in [-0.2, -0.15) is 22.1 Å². The molecule has 2 aromatic heterocycles. The lowest BCUT2D eigenvalue weighted by atomic mass is 9.92. The maximum atomic E-state index is 12.4. The first-order valence-corrected chi connectivity index (χ1v) is 10.2. The summed E-state index contributed by atoms with van der Waals surface area (Å²) in [6.45, 7) is 5.01. The van der Waals surface area contributed by atoms with Crippen LogP contribution in [0.1, 0.15) is 29.9 Å². The number of hydrogen-bond donors (Lipinski definition) is 1. The first kappa shape index (κ1) is 18.9. The van der Waals surface area contributed by atoms with Crippen LogP contribution in [0.25, 0.3) is 11.3 Å². The van der Waals surface area contributed by atoms with Crippen molar-refractivity contribution in [3.05, 3.63) is 29.5 Å². The molecule has 1 aliphatic heterocycles. The lowest BCUT2D eigenvalue weighted by molar-refractivity contribution is 0.253. The van der Waals surface area contributed by atoms with Gasteiger partial charge in [0, 0.05) is 50.8 Å². The highest BCUT2D eigenvalue weighted by Crippen LogP contribution is 2.29. The van der Waals surface area contributed by atoms with Crippen molar-refractivity contribution in [2.24, 2.45) is 5.92 Å². The van der Waals surface area contributed by atoms with Gasteiger partial charge in [-0.05, 0) is 39.0 Å². The van der Waals surface area contributed by atoms with Crippen molar-refractivity contribution in [2.45, 2.75) is 33.1 Å². The molecular formula is C17H26N6O2S. The normalized spacial score (nSPS) is 19.2. The van der Waals surface area contributed by atoms with Gasteiger partial charge in [0.1, 0.15) is 0 Å². The molecule has 9 heteroatoms. The summed E-state index contributed by atoms with van der Waals surface area (Å²) in [5, 5.41) is 7.25. The molecule has 1 unspecified atom stereocenters. The number of nitrogens with one attached hydrogen (secondary N) is 1. The Morgan fingerprint density at radius 2 is 2.00 bits per heavy atom. The van der Waals surface area contributed by atoms with Crippen molar-refractivity contribution in [1.29, 1.82) is 0 Å². The summed E-state index contributed by atoms with van der Waals surface area (Å²) < 4.78 is 27.7. The van der Waals surface area contributed by atoms with Gasteiger partial charge in [-0.25, -0.2) is 0 Å². The summed E-state index contributed by atoms with van der Waals surface area (Å²) in [7, 11) is -0.229. The molecule has 142 valence electrons. The third kappa shape index (κ3) is 3.65. The van der Waals surface area contributed by atoms with Crippen LogP contribution in [-0.2, 0) is 16.6 Å². The van der Waals surface area contributed by atoms with E-state index >= 15 is 0 Å². The predicted octanol–water partition coefficient (Wildman–Crippen LogP) is 1.54. The molecule has 26 heavy (non-hydrogen) atoms. The largest absolute Gasteiger partial charge is 0.282 e. The van der Waals surface area contributed by atoms with Gasteiger partial charge in [-0.3, -0.25) is 15.1 Å². The lowest BCUT2D eigenvalue weighted by Gasteiger charge is -2.33. The van der Waals surface area contributed by atoms with Crippen molar-refractivity contribution < 1.29 is 8.42 Å². The second-order valence-electron chi connectivity index (χ2n) is 7.02. The van der Waals surface area contributed by atoms with Gasteiger partial charge in [0.15, 0.2) is 0 Å². The Bertz CT molecular complexity index is 858. The quantitative estimate of drug-likeness (QED) is 0.852. The average Bonchev–Trinajstić information content (AvgIpc) is 2.94. The van der Waals surface area contributed by atoms with E-state index in [4.69, 9.17) is 0 Å². The summed E-state index contributed by atoms with van der Waals surface area (Å²) in [5.74, 6) is 0.224. The first-order valence-electron chi connectivity index (χ1n) is 8.80. The van der Waals surface area contributed by atoms with Gasteiger partial charge in [-0.15, -0.1) is 0 Å². The van der Waals surface area contributed by atoms with Gasteiger partial charge >= 0.3 is 0 Å². The summed E-state index contributed by atoms with van der Waals surface area (Å²) in [6, 6.07) is 0. The van der Waals surface area contributed by atoms with Crippen LogP contribution in [0.2, 0.25) is 0 Å². The van der Waals surface area contributed by atoms with E-state index in [1.807, 2.05) is 13.8 Å². The van der Waals surface area contributed by atoms with Crippen LogP contribution in [0.3, 0.4) is 0 Å². The minimum absolute atomic E-state index is 0.224. The fraction of sp³-hybridized carbons (Fsp3) is 0.588. The maximum absolute atomic E-state index is 12.4. The molecule has 0 saturated carbocycles. The van der Waals surface area contributed by atoms with E-state index in [2.05, 4.69) is 20.2 Å². The first-order chi connectivity index (χ1) is 12.3. The summed E-state index contributed by atoms with van der Waals surface area (Å²) in [4.78, 5) is 9.09. The minimum atomic E-state index is -3.38. The van der Waals surface area contributed by atoms with Gasteiger partial charge in [-0.1, -0.05) is 0 Å². The Morgan fingerprint density at radius 1 is 1.27 bits per heavy atom. The number of piperidine rings is 1. The number of nitrogens with zero attached hydrogens (tertiary/aromatic N) is 5. The molecule has 0 spiro atoms. The predicted molar refractivity (Wildman–Crippen MR) is 99.7 cm³/mol. The molecule has 0 bridgehead atoms. The number of aromatic nitrogens is 4. The van der Waals surface area contributed by atoms with Crippen molar-refractivity contribution >= 4 is 10.2 Å². The molecule has 3 heterocycles. The molecule has 0 aliphatic carbocycles. The van der Waals surface area contributed by atoms with Gasteiger partial charge < -0.3 is 0 Å². The molecule has 1 aliphatic rings. The number of rotatable bonds is 5. The second kappa shape index (κ2) is 7.42. The summed E-state index contributed by atoms with van der Waals surface area (Å²) in [5.41, 5.74) is 4.58. The zero-order valence-corrected chi connectivity index (χ0v) is 16.5. The van der Waals surface area contributed by atoms with Gasteiger partial charge in [0.25, 0.3) is 10.2 Å². The third-order valence-electron chi connectivity index (χ3n) is 4.89. The van der Waals surface area contributed by atoms with Crippen molar-refractivity contribution in [3.8, 4) is 11.3 Å². The SMILES string of the molecule is Cc1n[nH]c(C)c1-c1nccnc1CC1CCCN(S(=O)(=O)N(C)C)C1. The molecule has 0 aromatic carbocycles. The van der Waals surface area contributed by atoms with Crippen LogP contribution in [-0.4, -0.2) is 64.4 Å². The van der Waals surface area contributed by atoms with E-state index in [1.54, 1.807) is 30.8 Å². The smallest absolute Gasteiger partial charge is 0.281 e. The van der Waals surface area contributed by atoms with Crippen LogP contribution >= 0.6 is 0 Å². The molecule has 0 radical (unpaired) electrons. The van der Waals surface area contributed by atoms with Crippen LogP contribution in [0, 0.1) is 19.8 Å². The summed E-state index contributed by atoms with van der Waals surface area (Å²) in [6.07, 6.45) is 5.93.